The predicted octanol–water partition coefficient (Wildman–Crippen LogP) is 2.92. The highest BCUT2D eigenvalue weighted by Crippen LogP contribution is 2.36. The van der Waals surface area contributed by atoms with E-state index >= 15 is 0 Å². The molecule has 2 rings (SSSR count). The number of amides is 1. The SMILES string of the molecule is O=C(NCC1(C(=O)O)CCCCC1)c1cc(Br)ccc1O. The van der Waals surface area contributed by atoms with Crippen LogP contribution in [0.2, 0.25) is 0 Å². The normalized spacial score (nSPS) is 17.2. The fourth-order valence-electron chi connectivity index (χ4n) is 2.73. The topological polar surface area (TPSA) is 86.6 Å². The highest BCUT2D eigenvalue weighted by molar-refractivity contribution is 9.10. The molecule has 5 nitrogen and oxygen atoms in total. The van der Waals surface area contributed by atoms with Crippen LogP contribution in [-0.2, 0) is 4.79 Å². The second-order valence-electron chi connectivity index (χ2n) is 5.49. The van der Waals surface area contributed by atoms with E-state index in [4.69, 9.17) is 0 Å². The lowest BCUT2D eigenvalue weighted by molar-refractivity contribution is -0.150. The number of halogens is 1. The standard InChI is InChI=1S/C15H18BrNO4/c16-10-4-5-12(18)11(8-10)13(19)17-9-15(14(20)21)6-2-1-3-7-15/h4-5,8,18H,1-3,6-7,9H2,(H,17,19)(H,20,21). The summed E-state index contributed by atoms with van der Waals surface area (Å²) >= 11 is 3.24. The molecule has 21 heavy (non-hydrogen) atoms. The minimum absolute atomic E-state index is 0.0904. The van der Waals surface area contributed by atoms with Crippen molar-refractivity contribution in [2.45, 2.75) is 32.1 Å². The molecule has 0 spiro atoms. The van der Waals surface area contributed by atoms with Crippen molar-refractivity contribution in [1.29, 1.82) is 0 Å². The maximum atomic E-state index is 12.1. The maximum absolute atomic E-state index is 12.1. The van der Waals surface area contributed by atoms with E-state index in [1.807, 2.05) is 0 Å². The van der Waals surface area contributed by atoms with Gasteiger partial charge >= 0.3 is 5.97 Å². The van der Waals surface area contributed by atoms with Crippen LogP contribution in [0.1, 0.15) is 42.5 Å². The van der Waals surface area contributed by atoms with Gasteiger partial charge in [-0.2, -0.15) is 0 Å². The lowest BCUT2D eigenvalue weighted by Crippen LogP contribution is -2.44. The minimum Gasteiger partial charge on any atom is -0.507 e. The average molecular weight is 356 g/mol. The second kappa shape index (κ2) is 6.47. The van der Waals surface area contributed by atoms with Crippen molar-refractivity contribution in [2.24, 2.45) is 5.41 Å². The summed E-state index contributed by atoms with van der Waals surface area (Å²) in [5.41, 5.74) is -0.740. The number of phenols is 1. The molecule has 0 aliphatic heterocycles. The molecule has 1 saturated carbocycles. The van der Waals surface area contributed by atoms with Crippen LogP contribution < -0.4 is 5.32 Å². The van der Waals surface area contributed by atoms with Gasteiger partial charge in [-0.15, -0.1) is 0 Å². The summed E-state index contributed by atoms with van der Waals surface area (Å²) in [6, 6.07) is 4.57. The minimum atomic E-state index is -0.879. The van der Waals surface area contributed by atoms with Crippen LogP contribution in [0.25, 0.3) is 0 Å². The van der Waals surface area contributed by atoms with Gasteiger partial charge in [0.1, 0.15) is 5.75 Å². The number of hydrogen-bond acceptors (Lipinski definition) is 3. The van der Waals surface area contributed by atoms with Crippen molar-refractivity contribution in [1.82, 2.24) is 5.32 Å². The second-order valence-corrected chi connectivity index (χ2v) is 6.41. The van der Waals surface area contributed by atoms with Gasteiger partial charge in [-0.25, -0.2) is 0 Å². The number of rotatable bonds is 4. The van der Waals surface area contributed by atoms with Crippen LogP contribution in [0.5, 0.6) is 5.75 Å². The Morgan fingerprint density at radius 1 is 1.24 bits per heavy atom. The van der Waals surface area contributed by atoms with Gasteiger partial charge < -0.3 is 15.5 Å². The summed E-state index contributed by atoms with van der Waals surface area (Å²) in [6.07, 6.45) is 3.92. The molecule has 0 unspecified atom stereocenters. The summed E-state index contributed by atoms with van der Waals surface area (Å²) in [6.45, 7) is 0.0904. The third kappa shape index (κ3) is 3.56. The fourth-order valence-corrected chi connectivity index (χ4v) is 3.09. The van der Waals surface area contributed by atoms with Gasteiger partial charge in [0.25, 0.3) is 5.91 Å². The summed E-state index contributed by atoms with van der Waals surface area (Å²) in [5.74, 6) is -1.44. The molecule has 0 bridgehead atoms. The fraction of sp³-hybridized carbons (Fsp3) is 0.467. The Labute approximate surface area is 131 Å². The zero-order valence-electron chi connectivity index (χ0n) is 11.6. The van der Waals surface area contributed by atoms with E-state index in [9.17, 15) is 19.8 Å². The van der Waals surface area contributed by atoms with Crippen LogP contribution in [0.3, 0.4) is 0 Å². The Balaban J connectivity index is 2.08. The first kappa shape index (κ1) is 15.8. The van der Waals surface area contributed by atoms with Crippen molar-refractivity contribution < 1.29 is 19.8 Å². The van der Waals surface area contributed by atoms with Gasteiger partial charge in [-0.3, -0.25) is 9.59 Å². The highest BCUT2D eigenvalue weighted by atomic mass is 79.9. The monoisotopic (exact) mass is 355 g/mol. The summed E-state index contributed by atoms with van der Waals surface area (Å²) < 4.78 is 0.677. The summed E-state index contributed by atoms with van der Waals surface area (Å²) in [7, 11) is 0. The lowest BCUT2D eigenvalue weighted by Gasteiger charge is -2.33. The van der Waals surface area contributed by atoms with Crippen molar-refractivity contribution in [3.63, 3.8) is 0 Å². The first-order valence-corrected chi connectivity index (χ1v) is 7.74. The summed E-state index contributed by atoms with van der Waals surface area (Å²) in [5, 5.41) is 21.8. The molecule has 1 aromatic carbocycles. The molecule has 1 amide bonds. The predicted molar refractivity (Wildman–Crippen MR) is 81.3 cm³/mol. The third-order valence-corrected chi connectivity index (χ3v) is 4.55. The Morgan fingerprint density at radius 2 is 1.90 bits per heavy atom. The maximum Gasteiger partial charge on any atom is 0.311 e. The van der Waals surface area contributed by atoms with Gasteiger partial charge in [0.15, 0.2) is 0 Å². The van der Waals surface area contributed by atoms with Crippen molar-refractivity contribution in [3.8, 4) is 5.75 Å². The molecule has 6 heteroatoms. The molecule has 0 aromatic heterocycles. The number of phenolic OH excluding ortho intramolecular Hbond substituents is 1. The number of aliphatic carboxylic acids is 1. The van der Waals surface area contributed by atoms with E-state index in [1.165, 1.54) is 12.1 Å². The van der Waals surface area contributed by atoms with Crippen LogP contribution in [0.4, 0.5) is 0 Å². The van der Waals surface area contributed by atoms with E-state index < -0.39 is 17.3 Å². The molecule has 0 atom stereocenters. The van der Waals surface area contributed by atoms with E-state index in [-0.39, 0.29) is 17.9 Å². The molecule has 0 heterocycles. The van der Waals surface area contributed by atoms with Gasteiger partial charge in [0.05, 0.1) is 11.0 Å². The van der Waals surface area contributed by atoms with Crippen molar-refractivity contribution in [3.05, 3.63) is 28.2 Å². The van der Waals surface area contributed by atoms with Crippen molar-refractivity contribution >= 4 is 27.8 Å². The van der Waals surface area contributed by atoms with Crippen LogP contribution in [-0.4, -0.2) is 28.6 Å². The van der Waals surface area contributed by atoms with E-state index in [2.05, 4.69) is 21.2 Å². The highest BCUT2D eigenvalue weighted by Gasteiger charge is 2.39. The zero-order valence-corrected chi connectivity index (χ0v) is 13.1. The number of aromatic hydroxyl groups is 1. The average Bonchev–Trinajstić information content (AvgIpc) is 2.48. The van der Waals surface area contributed by atoms with Crippen LogP contribution in [0, 0.1) is 5.41 Å². The molecule has 0 radical (unpaired) electrons. The molecule has 114 valence electrons. The number of carboxylic acid groups (broad SMARTS) is 1. The quantitative estimate of drug-likeness (QED) is 0.774. The smallest absolute Gasteiger partial charge is 0.311 e. The van der Waals surface area contributed by atoms with Gasteiger partial charge in [-0.05, 0) is 31.0 Å². The zero-order chi connectivity index (χ0) is 15.5. The Hall–Kier alpha value is -1.56. The van der Waals surface area contributed by atoms with Gasteiger partial charge in [0, 0.05) is 11.0 Å². The molecular formula is C15H18BrNO4. The summed E-state index contributed by atoms with van der Waals surface area (Å²) in [4.78, 5) is 23.7. The first-order chi connectivity index (χ1) is 9.94. The Kier molecular flexibility index (Phi) is 4.88. The Morgan fingerprint density at radius 3 is 2.52 bits per heavy atom. The number of hydrogen-bond donors (Lipinski definition) is 3. The third-order valence-electron chi connectivity index (χ3n) is 4.05. The van der Waals surface area contributed by atoms with Gasteiger partial charge in [0.2, 0.25) is 0 Å². The molecule has 1 aliphatic carbocycles. The largest absolute Gasteiger partial charge is 0.507 e. The van der Waals surface area contributed by atoms with Crippen LogP contribution >= 0.6 is 15.9 Å². The number of carbonyl (C=O) groups excluding carboxylic acids is 1. The van der Waals surface area contributed by atoms with E-state index in [1.54, 1.807) is 6.07 Å². The molecule has 1 aliphatic rings. The molecule has 0 saturated heterocycles. The molecule has 3 N–H and O–H groups in total. The molecule has 1 fully saturated rings. The first-order valence-electron chi connectivity index (χ1n) is 6.95. The van der Waals surface area contributed by atoms with E-state index in [0.29, 0.717) is 17.3 Å². The molecule has 1 aromatic rings. The number of nitrogens with one attached hydrogen (secondary N) is 1. The number of carboxylic acids is 1. The van der Waals surface area contributed by atoms with Gasteiger partial charge in [-0.1, -0.05) is 35.2 Å². The van der Waals surface area contributed by atoms with Crippen LogP contribution in [0.15, 0.2) is 22.7 Å². The number of benzene rings is 1. The Bertz CT molecular complexity index is 553. The lowest BCUT2D eigenvalue weighted by atomic mass is 9.74. The van der Waals surface area contributed by atoms with Crippen molar-refractivity contribution in [2.75, 3.05) is 6.54 Å². The molecular weight excluding hydrogens is 338 g/mol. The number of carbonyl (C=O) groups is 2. The van der Waals surface area contributed by atoms with E-state index in [0.717, 1.165) is 19.3 Å².